The van der Waals surface area contributed by atoms with Crippen molar-refractivity contribution < 1.29 is 32.2 Å². The lowest BCUT2D eigenvalue weighted by molar-refractivity contribution is -0.138. The molecule has 37 heavy (non-hydrogen) atoms. The lowest BCUT2D eigenvalue weighted by Gasteiger charge is -2.31. The van der Waals surface area contributed by atoms with Crippen LogP contribution in [0, 0.1) is 0 Å². The highest BCUT2D eigenvalue weighted by molar-refractivity contribution is 7.09. The molecule has 0 aliphatic carbocycles. The summed E-state index contributed by atoms with van der Waals surface area (Å²) in [5, 5.41) is 5.31. The largest absolute Gasteiger partial charge is 0.493 e. The fraction of sp³-hybridized carbons (Fsp3) is 0.346. The fourth-order valence-corrected chi connectivity index (χ4v) is 5.23. The highest BCUT2D eigenvalue weighted by Gasteiger charge is 2.36. The SMILES string of the molecule is COc1ccc(CNC(=O)c2csc(C3CCN(C(=O)c4ccccc4C(F)(F)F)CC3)n2)cc1OC. The van der Waals surface area contributed by atoms with E-state index in [1.807, 2.05) is 6.07 Å². The van der Waals surface area contributed by atoms with Gasteiger partial charge in [0.25, 0.3) is 11.8 Å². The number of rotatable bonds is 7. The molecule has 0 saturated carbocycles. The maximum atomic E-state index is 13.3. The Balaban J connectivity index is 1.34. The smallest absolute Gasteiger partial charge is 0.417 e. The van der Waals surface area contributed by atoms with Gasteiger partial charge in [-0.3, -0.25) is 9.59 Å². The number of aromatic nitrogens is 1. The number of carbonyl (C=O) groups excluding carboxylic acids is 2. The summed E-state index contributed by atoms with van der Waals surface area (Å²) in [4.78, 5) is 31.4. The molecule has 2 aromatic carbocycles. The number of hydrogen-bond acceptors (Lipinski definition) is 6. The van der Waals surface area contributed by atoms with Crippen LogP contribution in [0.2, 0.25) is 0 Å². The monoisotopic (exact) mass is 533 g/mol. The van der Waals surface area contributed by atoms with Gasteiger partial charge in [-0.2, -0.15) is 13.2 Å². The van der Waals surface area contributed by atoms with E-state index < -0.39 is 17.6 Å². The van der Waals surface area contributed by atoms with Crippen LogP contribution in [-0.2, 0) is 12.7 Å². The van der Waals surface area contributed by atoms with E-state index >= 15 is 0 Å². The van der Waals surface area contributed by atoms with Crippen molar-refractivity contribution in [3.8, 4) is 11.5 Å². The molecule has 1 saturated heterocycles. The normalized spacial score (nSPS) is 14.4. The van der Waals surface area contributed by atoms with Gasteiger partial charge in [0.05, 0.1) is 30.4 Å². The number of likely N-dealkylation sites (tertiary alicyclic amines) is 1. The van der Waals surface area contributed by atoms with Gasteiger partial charge >= 0.3 is 6.18 Å². The Labute approximate surface area is 216 Å². The number of ether oxygens (including phenoxy) is 2. The quantitative estimate of drug-likeness (QED) is 0.456. The number of halogens is 3. The van der Waals surface area contributed by atoms with Gasteiger partial charge in [-0.05, 0) is 42.7 Å². The van der Waals surface area contributed by atoms with Crippen LogP contribution in [0.3, 0.4) is 0 Å². The number of amides is 2. The predicted molar refractivity (Wildman–Crippen MR) is 132 cm³/mol. The molecule has 7 nitrogen and oxygen atoms in total. The maximum Gasteiger partial charge on any atom is 0.417 e. The molecule has 1 aromatic heterocycles. The molecule has 3 aromatic rings. The number of carbonyl (C=O) groups is 2. The third-order valence-electron chi connectivity index (χ3n) is 6.25. The predicted octanol–water partition coefficient (Wildman–Crippen LogP) is 5.13. The minimum atomic E-state index is -4.60. The number of methoxy groups -OCH3 is 2. The number of nitrogens with zero attached hydrogens (tertiary/aromatic N) is 2. The zero-order valence-electron chi connectivity index (χ0n) is 20.3. The molecule has 4 rings (SSSR count). The summed E-state index contributed by atoms with van der Waals surface area (Å²) in [5.74, 6) is 0.254. The van der Waals surface area contributed by atoms with Crippen LogP contribution >= 0.6 is 11.3 Å². The van der Waals surface area contributed by atoms with E-state index in [1.54, 1.807) is 31.7 Å². The van der Waals surface area contributed by atoms with Crippen LogP contribution in [-0.4, -0.2) is 49.0 Å². The van der Waals surface area contributed by atoms with Crippen LogP contribution in [0.4, 0.5) is 13.2 Å². The van der Waals surface area contributed by atoms with Gasteiger partial charge in [-0.25, -0.2) is 4.98 Å². The molecule has 1 fully saturated rings. The zero-order chi connectivity index (χ0) is 26.6. The molecule has 196 valence electrons. The third kappa shape index (κ3) is 6.04. The average Bonchev–Trinajstić information content (AvgIpc) is 3.41. The van der Waals surface area contributed by atoms with E-state index in [2.05, 4.69) is 10.3 Å². The number of benzene rings is 2. The van der Waals surface area contributed by atoms with Gasteiger partial charge < -0.3 is 19.7 Å². The summed E-state index contributed by atoms with van der Waals surface area (Å²) in [5.41, 5.74) is -0.120. The van der Waals surface area contributed by atoms with Crippen molar-refractivity contribution in [2.45, 2.75) is 31.5 Å². The molecule has 0 bridgehead atoms. The molecule has 0 spiro atoms. The van der Waals surface area contributed by atoms with Gasteiger partial charge in [-0.15, -0.1) is 11.3 Å². The molecule has 0 atom stereocenters. The first-order valence-corrected chi connectivity index (χ1v) is 12.5. The Morgan fingerprint density at radius 2 is 1.78 bits per heavy atom. The van der Waals surface area contributed by atoms with Gasteiger partial charge in [0.15, 0.2) is 11.5 Å². The highest BCUT2D eigenvalue weighted by atomic mass is 32.1. The Morgan fingerprint density at radius 1 is 1.08 bits per heavy atom. The third-order valence-corrected chi connectivity index (χ3v) is 7.26. The van der Waals surface area contributed by atoms with Gasteiger partial charge in [-0.1, -0.05) is 18.2 Å². The van der Waals surface area contributed by atoms with Crippen molar-refractivity contribution >= 4 is 23.2 Å². The Bertz CT molecular complexity index is 1270. The molecule has 2 heterocycles. The van der Waals surface area contributed by atoms with Crippen LogP contribution in [0.1, 0.15) is 55.7 Å². The number of hydrogen-bond donors (Lipinski definition) is 1. The summed E-state index contributed by atoms with van der Waals surface area (Å²) < 4.78 is 50.5. The van der Waals surface area contributed by atoms with Gasteiger partial charge in [0.2, 0.25) is 0 Å². The second kappa shape index (κ2) is 11.2. The molecule has 1 aliphatic rings. The van der Waals surface area contributed by atoms with Gasteiger partial charge in [0, 0.05) is 30.9 Å². The van der Waals surface area contributed by atoms with Crippen LogP contribution in [0.15, 0.2) is 47.8 Å². The first-order valence-electron chi connectivity index (χ1n) is 11.6. The average molecular weight is 534 g/mol. The number of piperidine rings is 1. The van der Waals surface area contributed by atoms with E-state index in [1.165, 1.54) is 34.4 Å². The molecular formula is C26H26F3N3O4S. The molecule has 0 radical (unpaired) electrons. The minimum Gasteiger partial charge on any atom is -0.493 e. The van der Waals surface area contributed by atoms with Gasteiger partial charge in [0.1, 0.15) is 5.69 Å². The molecule has 1 aliphatic heterocycles. The van der Waals surface area contributed by atoms with E-state index in [-0.39, 0.29) is 23.9 Å². The van der Waals surface area contributed by atoms with Crippen LogP contribution < -0.4 is 14.8 Å². The summed E-state index contributed by atoms with van der Waals surface area (Å²) in [7, 11) is 3.09. The summed E-state index contributed by atoms with van der Waals surface area (Å²) in [6.45, 7) is 0.915. The lowest BCUT2D eigenvalue weighted by atomic mass is 9.96. The standard InChI is InChI=1S/C26H26F3N3O4S/c1-35-21-8-7-16(13-22(21)36-2)14-30-23(33)20-15-37-24(31-20)17-9-11-32(12-10-17)25(34)18-5-3-4-6-19(18)26(27,28)29/h3-8,13,15,17H,9-12,14H2,1-2H3,(H,30,33). The van der Waals surface area contributed by atoms with E-state index in [0.29, 0.717) is 43.1 Å². The molecular weight excluding hydrogens is 507 g/mol. The van der Waals surface area contributed by atoms with Crippen molar-refractivity contribution in [1.82, 2.24) is 15.2 Å². The Hall–Kier alpha value is -3.60. The fourth-order valence-electron chi connectivity index (χ4n) is 4.26. The second-order valence-corrected chi connectivity index (χ2v) is 9.44. The minimum absolute atomic E-state index is 0.0271. The number of alkyl halides is 3. The summed E-state index contributed by atoms with van der Waals surface area (Å²) in [6, 6.07) is 10.2. The van der Waals surface area contributed by atoms with Crippen LogP contribution in [0.5, 0.6) is 11.5 Å². The summed E-state index contributed by atoms with van der Waals surface area (Å²) in [6.07, 6.45) is -3.48. The number of thiazole rings is 1. The topological polar surface area (TPSA) is 80.8 Å². The lowest BCUT2D eigenvalue weighted by Crippen LogP contribution is -2.38. The van der Waals surface area contributed by atoms with Crippen molar-refractivity contribution in [3.63, 3.8) is 0 Å². The Kier molecular flexibility index (Phi) is 8.01. The summed E-state index contributed by atoms with van der Waals surface area (Å²) >= 11 is 1.37. The molecule has 0 unspecified atom stereocenters. The van der Waals surface area contributed by atoms with E-state index in [4.69, 9.17) is 9.47 Å². The van der Waals surface area contributed by atoms with Crippen molar-refractivity contribution in [1.29, 1.82) is 0 Å². The van der Waals surface area contributed by atoms with Crippen molar-refractivity contribution in [2.75, 3.05) is 27.3 Å². The first kappa shape index (κ1) is 26.5. The highest BCUT2D eigenvalue weighted by Crippen LogP contribution is 2.35. The van der Waals surface area contributed by atoms with E-state index in [9.17, 15) is 22.8 Å². The molecule has 2 amide bonds. The zero-order valence-corrected chi connectivity index (χ0v) is 21.1. The second-order valence-electron chi connectivity index (χ2n) is 8.55. The molecule has 1 N–H and O–H groups in total. The van der Waals surface area contributed by atoms with Crippen molar-refractivity contribution in [3.05, 3.63) is 75.2 Å². The maximum absolute atomic E-state index is 13.3. The van der Waals surface area contributed by atoms with Crippen LogP contribution in [0.25, 0.3) is 0 Å². The Morgan fingerprint density at radius 3 is 2.46 bits per heavy atom. The van der Waals surface area contributed by atoms with Crippen molar-refractivity contribution in [2.24, 2.45) is 0 Å². The van der Waals surface area contributed by atoms with E-state index in [0.717, 1.165) is 16.6 Å². The first-order chi connectivity index (χ1) is 17.7. The molecule has 11 heteroatoms. The number of nitrogens with one attached hydrogen (secondary N) is 1.